The highest BCUT2D eigenvalue weighted by atomic mass is 35.5. The van der Waals surface area contributed by atoms with Crippen molar-refractivity contribution in [3.05, 3.63) is 58.3 Å². The molecule has 0 N–H and O–H groups in total. The lowest BCUT2D eigenvalue weighted by Crippen LogP contribution is -2.73. The number of benzene rings is 1. The molecule has 0 saturated carbocycles. The Morgan fingerprint density at radius 2 is 1.89 bits per heavy atom. The smallest absolute Gasteiger partial charge is 0.231 e. The zero-order chi connectivity index (χ0) is 23.7. The molecule has 0 bridgehead atoms. The molecule has 1 aromatic carbocycles. The zero-order valence-electron chi connectivity index (χ0n) is 19.6. The molecule has 10 heteroatoms. The third kappa shape index (κ3) is 3.51. The Morgan fingerprint density at radius 1 is 1.06 bits per heavy atom. The largest absolute Gasteiger partial charge is 0.380 e. The van der Waals surface area contributed by atoms with E-state index in [1.807, 2.05) is 6.07 Å². The molecule has 4 aliphatic heterocycles. The van der Waals surface area contributed by atoms with Gasteiger partial charge >= 0.3 is 0 Å². The van der Waals surface area contributed by atoms with Gasteiger partial charge < -0.3 is 14.5 Å². The third-order valence-electron chi connectivity index (χ3n) is 7.85. The van der Waals surface area contributed by atoms with Crippen LogP contribution < -0.4 is 9.80 Å². The Bertz CT molecular complexity index is 1290. The van der Waals surface area contributed by atoms with Gasteiger partial charge in [0.15, 0.2) is 5.82 Å². The van der Waals surface area contributed by atoms with Crippen molar-refractivity contribution in [2.24, 2.45) is 5.41 Å². The Hall–Kier alpha value is -2.75. The molecule has 0 aliphatic carbocycles. The summed E-state index contributed by atoms with van der Waals surface area (Å²) in [5.74, 6) is 2.45. The van der Waals surface area contributed by atoms with Crippen LogP contribution in [0.2, 0.25) is 5.02 Å². The summed E-state index contributed by atoms with van der Waals surface area (Å²) in [5.41, 5.74) is 2.96. The quantitative estimate of drug-likeness (QED) is 0.553. The molecule has 4 aliphatic rings. The van der Waals surface area contributed by atoms with Crippen LogP contribution in [0.4, 0.5) is 16.2 Å². The highest BCUT2D eigenvalue weighted by molar-refractivity contribution is 6.30. The monoisotopic (exact) mass is 495 g/mol. The summed E-state index contributed by atoms with van der Waals surface area (Å²) in [7, 11) is 0. The van der Waals surface area contributed by atoms with E-state index >= 15 is 0 Å². The van der Waals surface area contributed by atoms with Crippen LogP contribution in [0.3, 0.4) is 0 Å². The molecule has 3 saturated heterocycles. The number of halogens is 2. The van der Waals surface area contributed by atoms with Gasteiger partial charge in [0.05, 0.1) is 24.5 Å². The summed E-state index contributed by atoms with van der Waals surface area (Å²) in [6.07, 6.45) is 1.03. The Morgan fingerprint density at radius 3 is 2.66 bits per heavy atom. The van der Waals surface area contributed by atoms with E-state index in [4.69, 9.17) is 16.3 Å². The lowest BCUT2D eigenvalue weighted by Gasteiger charge is -2.60. The molecule has 3 fully saturated rings. The van der Waals surface area contributed by atoms with Crippen LogP contribution in [0.25, 0.3) is 5.69 Å². The molecule has 3 aromatic rings. The first-order valence-corrected chi connectivity index (χ1v) is 12.5. The predicted molar refractivity (Wildman–Crippen MR) is 131 cm³/mol. The van der Waals surface area contributed by atoms with Crippen molar-refractivity contribution < 1.29 is 9.13 Å². The lowest BCUT2D eigenvalue weighted by molar-refractivity contribution is 0.133. The molecular weight excluding hydrogens is 469 g/mol. The fraction of sp³-hybridized carbons (Fsp3) is 0.480. The first-order valence-electron chi connectivity index (χ1n) is 12.2. The molecule has 2 aromatic heterocycles. The molecule has 0 radical (unpaired) electrons. The molecule has 0 amide bonds. The number of hydrogen-bond donors (Lipinski definition) is 0. The molecule has 0 unspecified atom stereocenters. The second-order valence-corrected chi connectivity index (χ2v) is 10.8. The molecule has 8 nitrogen and oxygen atoms in total. The molecule has 6 heterocycles. The van der Waals surface area contributed by atoms with Crippen LogP contribution in [0, 0.1) is 18.2 Å². The number of anilines is 2. The maximum absolute atomic E-state index is 13.6. The van der Waals surface area contributed by atoms with E-state index in [9.17, 15) is 4.39 Å². The van der Waals surface area contributed by atoms with Crippen LogP contribution in [0.15, 0.2) is 30.3 Å². The van der Waals surface area contributed by atoms with E-state index < -0.39 is 0 Å². The number of hydrogen-bond acceptors (Lipinski definition) is 7. The number of nitrogens with zero attached hydrogens (tertiary/aromatic N) is 7. The fourth-order valence-electron chi connectivity index (χ4n) is 6.02. The average molecular weight is 496 g/mol. The normalized spacial score (nSPS) is 23.0. The summed E-state index contributed by atoms with van der Waals surface area (Å²) < 4.78 is 21.5. The van der Waals surface area contributed by atoms with E-state index in [0.717, 1.165) is 87.2 Å². The maximum Gasteiger partial charge on any atom is 0.231 e. The topological polar surface area (TPSA) is 62.6 Å². The van der Waals surface area contributed by atoms with Gasteiger partial charge in [0.2, 0.25) is 5.95 Å². The zero-order valence-corrected chi connectivity index (χ0v) is 20.4. The van der Waals surface area contributed by atoms with Crippen LogP contribution in [-0.2, 0) is 17.8 Å². The second kappa shape index (κ2) is 7.88. The van der Waals surface area contributed by atoms with E-state index in [1.54, 1.807) is 13.0 Å². The number of aromatic nitrogens is 4. The minimum absolute atomic E-state index is 0.219. The SMILES string of the molecule is Cc1nc(N2CC3(C2)CN(c2nnc4n2-c2ccc(Cl)cc2CN([C@@H]2CCOC2)C4)C3)ccc1F. The van der Waals surface area contributed by atoms with Gasteiger partial charge in [0, 0.05) is 55.8 Å². The highest BCUT2D eigenvalue weighted by Gasteiger charge is 2.53. The van der Waals surface area contributed by atoms with Gasteiger partial charge in [-0.1, -0.05) is 11.6 Å². The van der Waals surface area contributed by atoms with Crippen LogP contribution in [0.1, 0.15) is 23.5 Å². The predicted octanol–water partition coefficient (Wildman–Crippen LogP) is 3.19. The van der Waals surface area contributed by atoms with Crippen molar-refractivity contribution in [1.29, 1.82) is 0 Å². The molecule has 7 rings (SSSR count). The summed E-state index contributed by atoms with van der Waals surface area (Å²) in [6, 6.07) is 9.76. The summed E-state index contributed by atoms with van der Waals surface area (Å²) in [5, 5.41) is 10.0. The van der Waals surface area contributed by atoms with Crippen LogP contribution in [-0.4, -0.2) is 70.1 Å². The third-order valence-corrected chi connectivity index (χ3v) is 8.09. The second-order valence-electron chi connectivity index (χ2n) is 10.4. The average Bonchev–Trinajstić information content (AvgIpc) is 3.42. The summed E-state index contributed by atoms with van der Waals surface area (Å²) in [4.78, 5) is 11.4. The van der Waals surface area contributed by atoms with Crippen molar-refractivity contribution in [2.45, 2.75) is 32.5 Å². The van der Waals surface area contributed by atoms with Crippen molar-refractivity contribution in [3.63, 3.8) is 0 Å². The number of ether oxygens (including phenoxy) is 1. The van der Waals surface area contributed by atoms with Gasteiger partial charge in [-0.2, -0.15) is 0 Å². The summed E-state index contributed by atoms with van der Waals surface area (Å²) in [6.45, 7) is 8.50. The van der Waals surface area contributed by atoms with Crippen molar-refractivity contribution in [3.8, 4) is 5.69 Å². The van der Waals surface area contributed by atoms with Gasteiger partial charge in [0.25, 0.3) is 0 Å². The van der Waals surface area contributed by atoms with Crippen LogP contribution >= 0.6 is 11.6 Å². The standard InChI is InChI=1S/C25H27ClFN7O/c1-16-20(27)3-5-22(28-16)32-12-25(13-32)14-33(15-25)24-30-29-23-10-31(19-6-7-35-11-19)9-17-8-18(26)2-4-21(17)34(23)24/h2-5,8,19H,6-7,9-15H2,1H3/t19-/m1/s1. The maximum atomic E-state index is 13.6. The van der Waals surface area contributed by atoms with Crippen LogP contribution in [0.5, 0.6) is 0 Å². The van der Waals surface area contributed by atoms with E-state index in [1.165, 1.54) is 11.6 Å². The first kappa shape index (κ1) is 21.5. The van der Waals surface area contributed by atoms with Gasteiger partial charge in [-0.25, -0.2) is 9.37 Å². The van der Waals surface area contributed by atoms with Crippen molar-refractivity contribution in [1.82, 2.24) is 24.6 Å². The minimum Gasteiger partial charge on any atom is -0.380 e. The van der Waals surface area contributed by atoms with Crippen molar-refractivity contribution in [2.75, 3.05) is 49.2 Å². The van der Waals surface area contributed by atoms with E-state index in [0.29, 0.717) is 11.7 Å². The Kier molecular flexibility index (Phi) is 4.84. The van der Waals surface area contributed by atoms with E-state index in [-0.39, 0.29) is 11.2 Å². The minimum atomic E-state index is -0.258. The lowest BCUT2D eigenvalue weighted by atomic mass is 9.73. The molecule has 1 atom stereocenters. The molecular formula is C25H27ClFN7O. The number of fused-ring (bicyclic) bond motifs is 3. The molecule has 1 spiro atoms. The number of aryl methyl sites for hydroxylation is 1. The van der Waals surface area contributed by atoms with Gasteiger partial charge in [-0.15, -0.1) is 10.2 Å². The Labute approximate surface area is 208 Å². The number of rotatable bonds is 3. The summed E-state index contributed by atoms with van der Waals surface area (Å²) >= 11 is 6.40. The van der Waals surface area contributed by atoms with Gasteiger partial charge in [-0.05, 0) is 49.2 Å². The van der Waals surface area contributed by atoms with Gasteiger partial charge in [0.1, 0.15) is 11.6 Å². The highest BCUT2D eigenvalue weighted by Crippen LogP contribution is 2.44. The van der Waals surface area contributed by atoms with E-state index in [2.05, 4.69) is 46.6 Å². The van der Waals surface area contributed by atoms with Gasteiger partial charge in [-0.3, -0.25) is 9.47 Å². The molecule has 182 valence electrons. The fourth-order valence-corrected chi connectivity index (χ4v) is 6.22. The Balaban J connectivity index is 1.13. The number of pyridine rings is 1. The first-order chi connectivity index (χ1) is 17.0. The van der Waals surface area contributed by atoms with Crippen molar-refractivity contribution >= 4 is 23.4 Å². The molecule has 35 heavy (non-hydrogen) atoms.